The lowest BCUT2D eigenvalue weighted by Gasteiger charge is -2.43. The van der Waals surface area contributed by atoms with Gasteiger partial charge in [-0.25, -0.2) is 0 Å². The van der Waals surface area contributed by atoms with Gasteiger partial charge >= 0.3 is 0 Å². The average Bonchev–Trinajstić information content (AvgIpc) is 2.69. The molecule has 0 amide bonds. The summed E-state index contributed by atoms with van der Waals surface area (Å²) >= 11 is 3.53. The zero-order valence-corrected chi connectivity index (χ0v) is 11.7. The summed E-state index contributed by atoms with van der Waals surface area (Å²) in [6, 6.07) is 0.565. The van der Waals surface area contributed by atoms with Crippen molar-refractivity contribution in [1.29, 1.82) is 0 Å². The molecule has 0 aromatic carbocycles. The number of thioether (sulfide) groups is 1. The van der Waals surface area contributed by atoms with Gasteiger partial charge in [-0.05, 0) is 25.3 Å². The second kappa shape index (κ2) is 5.02. The van der Waals surface area contributed by atoms with Gasteiger partial charge in [-0.1, -0.05) is 43.4 Å². The molecule has 1 fully saturated rings. The van der Waals surface area contributed by atoms with E-state index in [1.54, 1.807) is 11.3 Å². The van der Waals surface area contributed by atoms with Gasteiger partial charge in [0.25, 0.3) is 0 Å². The fourth-order valence-corrected chi connectivity index (χ4v) is 4.91. The molecule has 1 aliphatic rings. The Kier molecular flexibility index (Phi) is 3.87. The maximum Gasteiger partial charge on any atom is 0.174 e. The van der Waals surface area contributed by atoms with Crippen LogP contribution in [0.15, 0.2) is 9.85 Å². The lowest BCUT2D eigenvalue weighted by Crippen LogP contribution is -2.49. The Balaban J connectivity index is 2.07. The molecule has 16 heavy (non-hydrogen) atoms. The van der Waals surface area contributed by atoms with Gasteiger partial charge in [0.2, 0.25) is 0 Å². The number of nitrogens with one attached hydrogen (secondary N) is 1. The molecule has 1 N–H and O–H groups in total. The maximum atomic E-state index is 4.13. The molecule has 0 bridgehead atoms. The molecule has 1 heterocycles. The normalized spacial score (nSPS) is 29.2. The van der Waals surface area contributed by atoms with Crippen LogP contribution < -0.4 is 5.32 Å². The highest BCUT2D eigenvalue weighted by atomic mass is 32.2. The number of rotatable bonds is 3. The van der Waals surface area contributed by atoms with Crippen molar-refractivity contribution in [2.45, 2.75) is 48.7 Å². The van der Waals surface area contributed by atoms with Crippen molar-refractivity contribution in [2.75, 3.05) is 7.05 Å². The van der Waals surface area contributed by atoms with E-state index in [0.717, 1.165) is 4.34 Å². The molecule has 1 aromatic rings. The van der Waals surface area contributed by atoms with Gasteiger partial charge in [-0.2, -0.15) is 0 Å². The van der Waals surface area contributed by atoms with Crippen LogP contribution in [0.3, 0.4) is 0 Å². The van der Waals surface area contributed by atoms with Gasteiger partial charge < -0.3 is 5.32 Å². The Morgan fingerprint density at radius 1 is 1.56 bits per heavy atom. The molecule has 2 rings (SSSR count). The van der Waals surface area contributed by atoms with Crippen molar-refractivity contribution in [3.63, 3.8) is 0 Å². The zero-order chi connectivity index (χ0) is 11.6. The third-order valence-corrected chi connectivity index (χ3v) is 5.58. The summed E-state index contributed by atoms with van der Waals surface area (Å²) < 4.78 is 1.10. The first-order valence-electron chi connectivity index (χ1n) is 5.73. The predicted molar refractivity (Wildman–Crippen MR) is 70.0 cm³/mol. The van der Waals surface area contributed by atoms with E-state index >= 15 is 0 Å². The number of aromatic nitrogens is 2. The van der Waals surface area contributed by atoms with Gasteiger partial charge in [0.15, 0.2) is 4.34 Å². The Morgan fingerprint density at radius 2 is 2.38 bits per heavy atom. The molecule has 1 aliphatic carbocycles. The summed E-state index contributed by atoms with van der Waals surface area (Å²) in [5.41, 5.74) is 2.19. The summed E-state index contributed by atoms with van der Waals surface area (Å²) in [5, 5.41) is 12.2. The first-order valence-corrected chi connectivity index (χ1v) is 7.49. The van der Waals surface area contributed by atoms with Crippen LogP contribution in [0.1, 0.15) is 33.1 Å². The fourth-order valence-electron chi connectivity index (χ4n) is 2.63. The van der Waals surface area contributed by atoms with E-state index in [0.29, 0.717) is 16.7 Å². The van der Waals surface area contributed by atoms with E-state index < -0.39 is 0 Å². The van der Waals surface area contributed by atoms with Crippen molar-refractivity contribution >= 4 is 23.1 Å². The van der Waals surface area contributed by atoms with Crippen molar-refractivity contribution in [2.24, 2.45) is 5.41 Å². The zero-order valence-electron chi connectivity index (χ0n) is 10.1. The average molecular weight is 257 g/mol. The molecule has 2 atom stereocenters. The molecule has 5 heteroatoms. The minimum absolute atomic E-state index is 0.384. The van der Waals surface area contributed by atoms with Gasteiger partial charge in [-0.3, -0.25) is 0 Å². The standard InChI is InChI=1S/C11H19N3S2/c1-11(2)6-4-5-8(9(11)12-3)16-10-14-13-7-15-10/h7-9,12H,4-6H2,1-3H3. The van der Waals surface area contributed by atoms with Crippen molar-refractivity contribution in [1.82, 2.24) is 15.5 Å². The molecule has 1 aromatic heterocycles. The minimum atomic E-state index is 0.384. The Bertz CT molecular complexity index is 324. The first-order chi connectivity index (χ1) is 7.63. The summed E-state index contributed by atoms with van der Waals surface area (Å²) in [4.78, 5) is 0. The summed E-state index contributed by atoms with van der Waals surface area (Å²) in [7, 11) is 2.07. The molecule has 3 nitrogen and oxygen atoms in total. The number of hydrogen-bond donors (Lipinski definition) is 1. The molecule has 1 saturated carbocycles. The quantitative estimate of drug-likeness (QED) is 0.903. The van der Waals surface area contributed by atoms with Crippen LogP contribution in [-0.2, 0) is 0 Å². The van der Waals surface area contributed by atoms with Crippen LogP contribution in [0.25, 0.3) is 0 Å². The van der Waals surface area contributed by atoms with Gasteiger partial charge in [0.05, 0.1) is 0 Å². The van der Waals surface area contributed by atoms with E-state index in [1.807, 2.05) is 17.3 Å². The molecule has 0 aliphatic heterocycles. The fraction of sp³-hybridized carbons (Fsp3) is 0.818. The van der Waals surface area contributed by atoms with Gasteiger partial charge in [-0.15, -0.1) is 10.2 Å². The largest absolute Gasteiger partial charge is 0.315 e. The van der Waals surface area contributed by atoms with Crippen LogP contribution in [0.5, 0.6) is 0 Å². The maximum absolute atomic E-state index is 4.13. The Morgan fingerprint density at radius 3 is 3.00 bits per heavy atom. The Hall–Kier alpha value is -0.130. The summed E-state index contributed by atoms with van der Waals surface area (Å²) in [5.74, 6) is 0. The van der Waals surface area contributed by atoms with Crippen LogP contribution in [0.2, 0.25) is 0 Å². The number of hydrogen-bond acceptors (Lipinski definition) is 5. The van der Waals surface area contributed by atoms with E-state index in [9.17, 15) is 0 Å². The smallest absolute Gasteiger partial charge is 0.174 e. The molecule has 0 radical (unpaired) electrons. The molecule has 0 saturated heterocycles. The SMILES string of the molecule is CNC1C(Sc2nncs2)CCCC1(C)C. The summed E-state index contributed by atoms with van der Waals surface area (Å²) in [6.07, 6.45) is 3.91. The topological polar surface area (TPSA) is 37.8 Å². The highest BCUT2D eigenvalue weighted by Gasteiger charge is 2.38. The number of nitrogens with zero attached hydrogens (tertiary/aromatic N) is 2. The molecule has 90 valence electrons. The minimum Gasteiger partial charge on any atom is -0.315 e. The Labute approximate surface area is 105 Å². The van der Waals surface area contributed by atoms with Crippen LogP contribution in [0.4, 0.5) is 0 Å². The second-order valence-corrected chi connectivity index (χ2v) is 7.33. The van der Waals surface area contributed by atoms with Crippen LogP contribution >= 0.6 is 23.1 Å². The third-order valence-electron chi connectivity index (χ3n) is 3.43. The van der Waals surface area contributed by atoms with E-state index in [1.165, 1.54) is 19.3 Å². The highest BCUT2D eigenvalue weighted by molar-refractivity contribution is 8.01. The lowest BCUT2D eigenvalue weighted by molar-refractivity contribution is 0.182. The summed E-state index contributed by atoms with van der Waals surface area (Å²) in [6.45, 7) is 4.72. The molecule has 0 spiro atoms. The molecule has 2 unspecified atom stereocenters. The highest BCUT2D eigenvalue weighted by Crippen LogP contribution is 2.42. The van der Waals surface area contributed by atoms with Crippen molar-refractivity contribution in [3.05, 3.63) is 5.51 Å². The van der Waals surface area contributed by atoms with Crippen molar-refractivity contribution in [3.8, 4) is 0 Å². The van der Waals surface area contributed by atoms with Gasteiger partial charge in [0.1, 0.15) is 5.51 Å². The van der Waals surface area contributed by atoms with E-state index in [2.05, 4.69) is 36.4 Å². The van der Waals surface area contributed by atoms with E-state index in [-0.39, 0.29) is 0 Å². The predicted octanol–water partition coefficient (Wildman–Crippen LogP) is 2.80. The molecular formula is C11H19N3S2. The lowest BCUT2D eigenvalue weighted by atomic mass is 9.73. The van der Waals surface area contributed by atoms with E-state index in [4.69, 9.17) is 0 Å². The van der Waals surface area contributed by atoms with Crippen LogP contribution in [0, 0.1) is 5.41 Å². The third kappa shape index (κ3) is 2.57. The van der Waals surface area contributed by atoms with Gasteiger partial charge in [0, 0.05) is 11.3 Å². The first kappa shape index (κ1) is 12.3. The monoisotopic (exact) mass is 257 g/mol. The second-order valence-electron chi connectivity index (χ2n) is 5.01. The molecular weight excluding hydrogens is 238 g/mol. The van der Waals surface area contributed by atoms with Crippen LogP contribution in [-0.4, -0.2) is 28.5 Å². The van der Waals surface area contributed by atoms with Crippen molar-refractivity contribution < 1.29 is 0 Å².